The summed E-state index contributed by atoms with van der Waals surface area (Å²) < 4.78 is 0. The molecule has 0 saturated carbocycles. The summed E-state index contributed by atoms with van der Waals surface area (Å²) in [6, 6.07) is 11.4. The molecule has 0 atom stereocenters. The summed E-state index contributed by atoms with van der Waals surface area (Å²) in [4.78, 5) is 14.9. The van der Waals surface area contributed by atoms with Crippen LogP contribution in [0, 0.1) is 6.92 Å². The topological polar surface area (TPSA) is 30.0 Å². The van der Waals surface area contributed by atoms with Crippen molar-refractivity contribution in [3.8, 4) is 11.3 Å². The van der Waals surface area contributed by atoms with E-state index in [0.717, 1.165) is 23.1 Å². The number of rotatable bonds is 2. The van der Waals surface area contributed by atoms with E-state index >= 15 is 0 Å². The van der Waals surface area contributed by atoms with Crippen LogP contribution in [0.25, 0.3) is 11.3 Å². The van der Waals surface area contributed by atoms with Crippen LogP contribution in [-0.4, -0.2) is 11.3 Å². The van der Waals surface area contributed by atoms with Gasteiger partial charge in [-0.1, -0.05) is 24.3 Å². The number of aryl methyl sites for hydroxylation is 1. The van der Waals surface area contributed by atoms with Crippen molar-refractivity contribution in [1.29, 1.82) is 0 Å². The predicted molar refractivity (Wildman–Crippen MR) is 59.8 cm³/mol. The van der Waals surface area contributed by atoms with E-state index in [1.807, 2.05) is 43.5 Å². The van der Waals surface area contributed by atoms with Gasteiger partial charge in [0, 0.05) is 17.3 Å². The van der Waals surface area contributed by atoms with E-state index < -0.39 is 0 Å². The molecule has 0 unspecified atom stereocenters. The smallest absolute Gasteiger partial charge is 0.150 e. The molecule has 0 bridgehead atoms. The number of hydrogen-bond donors (Lipinski definition) is 0. The first-order valence-corrected chi connectivity index (χ1v) is 4.78. The fourth-order valence-corrected chi connectivity index (χ4v) is 1.41. The highest BCUT2D eigenvalue weighted by molar-refractivity contribution is 5.78. The van der Waals surface area contributed by atoms with E-state index in [-0.39, 0.29) is 0 Å². The number of carbonyl (C=O) groups is 1. The Morgan fingerprint density at radius 1 is 1.20 bits per heavy atom. The van der Waals surface area contributed by atoms with Crippen LogP contribution in [0.2, 0.25) is 0 Å². The van der Waals surface area contributed by atoms with Gasteiger partial charge >= 0.3 is 0 Å². The number of nitrogens with zero attached hydrogens (tertiary/aromatic N) is 1. The van der Waals surface area contributed by atoms with E-state index in [9.17, 15) is 4.79 Å². The largest absolute Gasteiger partial charge is 0.298 e. The minimum absolute atomic E-state index is 0.676. The number of benzene rings is 1. The fraction of sp³-hybridized carbons (Fsp3) is 0.0769. The lowest BCUT2D eigenvalue weighted by atomic mass is 10.1. The molecule has 2 rings (SSSR count). The van der Waals surface area contributed by atoms with Crippen molar-refractivity contribution >= 4 is 6.29 Å². The second kappa shape index (κ2) is 4.05. The lowest BCUT2D eigenvalue weighted by Crippen LogP contribution is -1.86. The Labute approximate surface area is 88.6 Å². The summed E-state index contributed by atoms with van der Waals surface area (Å²) >= 11 is 0. The highest BCUT2D eigenvalue weighted by Gasteiger charge is 1.99. The van der Waals surface area contributed by atoms with Crippen molar-refractivity contribution in [2.24, 2.45) is 0 Å². The van der Waals surface area contributed by atoms with Gasteiger partial charge in [-0.05, 0) is 24.6 Å². The highest BCUT2D eigenvalue weighted by Crippen LogP contribution is 2.17. The monoisotopic (exact) mass is 197 g/mol. The van der Waals surface area contributed by atoms with E-state index in [1.165, 1.54) is 0 Å². The number of carbonyl (C=O) groups excluding carboxylic acids is 1. The van der Waals surface area contributed by atoms with Gasteiger partial charge in [-0.2, -0.15) is 0 Å². The molecule has 0 amide bonds. The van der Waals surface area contributed by atoms with Gasteiger partial charge in [-0.25, -0.2) is 0 Å². The van der Waals surface area contributed by atoms with Gasteiger partial charge in [0.1, 0.15) is 6.29 Å². The van der Waals surface area contributed by atoms with Gasteiger partial charge in [0.05, 0.1) is 5.69 Å². The highest BCUT2D eigenvalue weighted by atomic mass is 16.1. The van der Waals surface area contributed by atoms with Crippen molar-refractivity contribution in [2.75, 3.05) is 0 Å². The van der Waals surface area contributed by atoms with Gasteiger partial charge in [0.2, 0.25) is 0 Å². The second-order valence-corrected chi connectivity index (χ2v) is 3.46. The molecule has 0 radical (unpaired) electrons. The summed E-state index contributed by atoms with van der Waals surface area (Å²) in [5, 5.41) is 0. The molecule has 2 nitrogen and oxygen atoms in total. The lowest BCUT2D eigenvalue weighted by molar-refractivity contribution is 0.112. The molecule has 0 saturated heterocycles. The van der Waals surface area contributed by atoms with Crippen molar-refractivity contribution in [1.82, 2.24) is 4.98 Å². The van der Waals surface area contributed by atoms with Crippen LogP contribution >= 0.6 is 0 Å². The first-order valence-electron chi connectivity index (χ1n) is 4.78. The van der Waals surface area contributed by atoms with Crippen molar-refractivity contribution in [3.05, 3.63) is 53.7 Å². The molecule has 1 heterocycles. The molecule has 0 aliphatic rings. The molecule has 74 valence electrons. The zero-order chi connectivity index (χ0) is 10.7. The molecule has 0 N–H and O–H groups in total. The Hall–Kier alpha value is -1.96. The number of pyridine rings is 1. The maximum atomic E-state index is 10.6. The Balaban J connectivity index is 2.44. The third-order valence-corrected chi connectivity index (χ3v) is 2.23. The molecule has 0 spiro atoms. The molecule has 1 aromatic heterocycles. The number of aldehydes is 1. The van der Waals surface area contributed by atoms with Crippen LogP contribution in [0.4, 0.5) is 0 Å². The third-order valence-electron chi connectivity index (χ3n) is 2.23. The SMILES string of the molecule is Cc1ccc(-c2cccc(C=O)c2)nc1. The first-order chi connectivity index (χ1) is 7.29. The first kappa shape index (κ1) is 9.59. The summed E-state index contributed by atoms with van der Waals surface area (Å²) in [6.07, 6.45) is 2.67. The Morgan fingerprint density at radius 3 is 2.73 bits per heavy atom. The van der Waals surface area contributed by atoms with Gasteiger partial charge in [0.25, 0.3) is 0 Å². The zero-order valence-corrected chi connectivity index (χ0v) is 8.47. The summed E-state index contributed by atoms with van der Waals surface area (Å²) in [5.41, 5.74) is 3.67. The molecular formula is C13H11NO. The molecule has 0 aliphatic heterocycles. The van der Waals surface area contributed by atoms with Crippen molar-refractivity contribution in [3.63, 3.8) is 0 Å². The van der Waals surface area contributed by atoms with E-state index in [2.05, 4.69) is 4.98 Å². The Kier molecular flexibility index (Phi) is 2.59. The maximum absolute atomic E-state index is 10.6. The van der Waals surface area contributed by atoms with Crippen LogP contribution in [0.3, 0.4) is 0 Å². The molecule has 2 aromatic rings. The normalized spacial score (nSPS) is 9.93. The van der Waals surface area contributed by atoms with Crippen molar-refractivity contribution < 1.29 is 4.79 Å². The lowest BCUT2D eigenvalue weighted by Gasteiger charge is -2.01. The van der Waals surface area contributed by atoms with E-state index in [4.69, 9.17) is 0 Å². The molecule has 1 aromatic carbocycles. The van der Waals surface area contributed by atoms with Crippen LogP contribution in [-0.2, 0) is 0 Å². The summed E-state index contributed by atoms with van der Waals surface area (Å²) in [6.45, 7) is 2.00. The van der Waals surface area contributed by atoms with E-state index in [0.29, 0.717) is 5.56 Å². The van der Waals surface area contributed by atoms with Gasteiger partial charge in [0.15, 0.2) is 0 Å². The predicted octanol–water partition coefficient (Wildman–Crippen LogP) is 2.87. The number of hydrogen-bond acceptors (Lipinski definition) is 2. The summed E-state index contributed by atoms with van der Waals surface area (Å²) in [5.74, 6) is 0. The summed E-state index contributed by atoms with van der Waals surface area (Å²) in [7, 11) is 0. The molecule has 15 heavy (non-hydrogen) atoms. The minimum Gasteiger partial charge on any atom is -0.298 e. The molecular weight excluding hydrogens is 186 g/mol. The molecule has 0 aliphatic carbocycles. The average Bonchev–Trinajstić information content (AvgIpc) is 2.30. The Morgan fingerprint density at radius 2 is 2.07 bits per heavy atom. The van der Waals surface area contributed by atoms with Crippen LogP contribution in [0.1, 0.15) is 15.9 Å². The van der Waals surface area contributed by atoms with Crippen LogP contribution in [0.15, 0.2) is 42.6 Å². The standard InChI is InChI=1S/C13H11NO/c1-10-5-6-13(14-8-10)12-4-2-3-11(7-12)9-15/h2-9H,1H3. The Bertz CT molecular complexity index is 474. The zero-order valence-electron chi connectivity index (χ0n) is 8.47. The quantitative estimate of drug-likeness (QED) is 0.693. The van der Waals surface area contributed by atoms with Gasteiger partial charge in [-0.15, -0.1) is 0 Å². The maximum Gasteiger partial charge on any atom is 0.150 e. The van der Waals surface area contributed by atoms with E-state index in [1.54, 1.807) is 6.07 Å². The molecule has 2 heteroatoms. The minimum atomic E-state index is 0.676. The van der Waals surface area contributed by atoms with Crippen molar-refractivity contribution in [2.45, 2.75) is 6.92 Å². The van der Waals surface area contributed by atoms with Gasteiger partial charge < -0.3 is 0 Å². The third kappa shape index (κ3) is 2.10. The molecule has 0 fully saturated rings. The van der Waals surface area contributed by atoms with Gasteiger partial charge in [-0.3, -0.25) is 9.78 Å². The number of aromatic nitrogens is 1. The average molecular weight is 197 g/mol. The van der Waals surface area contributed by atoms with Crippen LogP contribution in [0.5, 0.6) is 0 Å². The van der Waals surface area contributed by atoms with Crippen LogP contribution < -0.4 is 0 Å². The second-order valence-electron chi connectivity index (χ2n) is 3.46. The fourth-order valence-electron chi connectivity index (χ4n) is 1.41.